The molecule has 0 bridgehead atoms. The molecule has 2 aromatic rings. The van der Waals surface area contributed by atoms with Gasteiger partial charge >= 0.3 is 6.01 Å². The van der Waals surface area contributed by atoms with Gasteiger partial charge in [0.15, 0.2) is 0 Å². The molecule has 1 aromatic carbocycles. The van der Waals surface area contributed by atoms with Gasteiger partial charge < -0.3 is 8.85 Å². The summed E-state index contributed by atoms with van der Waals surface area (Å²) in [4.78, 5) is 35.3. The SMILES string of the molecule is C[Si](C)(C)Oc1ncc(CN2C(=O)c3ccccc3C2=O)c(O[Si](C)(C)C)n1. The van der Waals surface area contributed by atoms with Gasteiger partial charge in [-0.3, -0.25) is 14.5 Å². The summed E-state index contributed by atoms with van der Waals surface area (Å²) in [5, 5.41) is 0. The number of carbonyl (C=O) groups excluding carboxylic acids is 2. The Morgan fingerprint density at radius 2 is 1.43 bits per heavy atom. The molecule has 0 saturated heterocycles. The maximum Gasteiger partial charge on any atom is 0.305 e. The van der Waals surface area contributed by atoms with E-state index in [1.807, 2.05) is 39.3 Å². The number of aromatic nitrogens is 2. The molecule has 0 atom stereocenters. The fraction of sp³-hybridized carbons (Fsp3) is 0.368. The lowest BCUT2D eigenvalue weighted by atomic mass is 10.1. The number of rotatable bonds is 6. The molecule has 28 heavy (non-hydrogen) atoms. The van der Waals surface area contributed by atoms with E-state index in [0.717, 1.165) is 0 Å². The number of fused-ring (bicyclic) bond motifs is 1. The quantitative estimate of drug-likeness (QED) is 0.528. The van der Waals surface area contributed by atoms with Crippen molar-refractivity contribution in [3.63, 3.8) is 0 Å². The number of benzene rings is 1. The van der Waals surface area contributed by atoms with Crippen molar-refractivity contribution >= 4 is 28.4 Å². The molecule has 2 heterocycles. The Bertz CT molecular complexity index is 901. The Morgan fingerprint density at radius 3 is 1.93 bits per heavy atom. The lowest BCUT2D eigenvalue weighted by Gasteiger charge is -2.23. The van der Waals surface area contributed by atoms with E-state index < -0.39 is 16.6 Å². The summed E-state index contributed by atoms with van der Waals surface area (Å²) in [5.74, 6) is -0.261. The Labute approximate surface area is 167 Å². The van der Waals surface area contributed by atoms with Crippen LogP contribution in [-0.4, -0.2) is 43.3 Å². The van der Waals surface area contributed by atoms with Crippen LogP contribution in [0.3, 0.4) is 0 Å². The van der Waals surface area contributed by atoms with E-state index in [1.54, 1.807) is 30.5 Å². The molecular weight excluding hydrogens is 390 g/mol. The van der Waals surface area contributed by atoms with Gasteiger partial charge in [-0.1, -0.05) is 12.1 Å². The number of amides is 2. The standard InChI is InChI=1S/C19H25N3O4Si2/c1-27(2,3)25-16-13(11-20-19(21-16)26-28(4,5)6)12-22-17(23)14-9-7-8-10-15(14)18(22)24/h7-11H,12H2,1-6H3. The van der Waals surface area contributed by atoms with Gasteiger partial charge in [0.2, 0.25) is 22.5 Å². The van der Waals surface area contributed by atoms with Crippen LogP contribution in [0.2, 0.25) is 39.3 Å². The molecule has 1 aromatic heterocycles. The lowest BCUT2D eigenvalue weighted by molar-refractivity contribution is 0.0641. The fourth-order valence-electron chi connectivity index (χ4n) is 2.74. The van der Waals surface area contributed by atoms with E-state index in [0.29, 0.717) is 22.6 Å². The van der Waals surface area contributed by atoms with E-state index in [1.165, 1.54) is 4.90 Å². The molecule has 9 heteroatoms. The van der Waals surface area contributed by atoms with Crippen LogP contribution < -0.4 is 8.85 Å². The molecule has 0 radical (unpaired) electrons. The topological polar surface area (TPSA) is 81.6 Å². The first kappa shape index (κ1) is 20.2. The third-order valence-electron chi connectivity index (χ3n) is 3.81. The number of nitrogens with zero attached hydrogens (tertiary/aromatic N) is 3. The highest BCUT2D eigenvalue weighted by Gasteiger charge is 2.36. The van der Waals surface area contributed by atoms with Gasteiger partial charge in [0, 0.05) is 6.20 Å². The summed E-state index contributed by atoms with van der Waals surface area (Å²) < 4.78 is 12.0. The van der Waals surface area contributed by atoms with E-state index in [9.17, 15) is 9.59 Å². The van der Waals surface area contributed by atoms with Crippen molar-refractivity contribution in [1.82, 2.24) is 14.9 Å². The minimum absolute atomic E-state index is 0.0549. The smallest absolute Gasteiger partial charge is 0.305 e. The average Bonchev–Trinajstić information content (AvgIpc) is 2.79. The van der Waals surface area contributed by atoms with Crippen molar-refractivity contribution in [3.05, 3.63) is 47.2 Å². The first-order valence-corrected chi connectivity index (χ1v) is 16.0. The van der Waals surface area contributed by atoms with Gasteiger partial charge in [0.1, 0.15) is 0 Å². The van der Waals surface area contributed by atoms with Crippen LogP contribution in [0.25, 0.3) is 0 Å². The second-order valence-corrected chi connectivity index (χ2v) is 17.5. The first-order chi connectivity index (χ1) is 12.9. The van der Waals surface area contributed by atoms with Crippen molar-refractivity contribution in [3.8, 4) is 11.9 Å². The molecule has 3 rings (SSSR count). The summed E-state index contributed by atoms with van der Waals surface area (Å²) in [6.07, 6.45) is 1.58. The third kappa shape index (κ3) is 4.47. The Morgan fingerprint density at radius 1 is 0.893 bits per heavy atom. The van der Waals surface area contributed by atoms with Crippen molar-refractivity contribution in [2.75, 3.05) is 0 Å². The third-order valence-corrected chi connectivity index (χ3v) is 5.41. The van der Waals surface area contributed by atoms with Crippen molar-refractivity contribution in [1.29, 1.82) is 0 Å². The molecule has 1 aliphatic rings. The van der Waals surface area contributed by atoms with Crippen LogP contribution in [0, 0.1) is 0 Å². The summed E-state index contributed by atoms with van der Waals surface area (Å²) in [7, 11) is -3.87. The lowest BCUT2D eigenvalue weighted by Crippen LogP contribution is -2.34. The largest absolute Gasteiger partial charge is 0.531 e. The highest BCUT2D eigenvalue weighted by molar-refractivity contribution is 6.70. The molecule has 2 amide bonds. The minimum atomic E-state index is -1.99. The molecule has 0 N–H and O–H groups in total. The Balaban J connectivity index is 1.93. The molecule has 148 valence electrons. The molecule has 7 nitrogen and oxygen atoms in total. The summed E-state index contributed by atoms with van der Waals surface area (Å²) in [5.41, 5.74) is 1.42. The molecule has 0 saturated carbocycles. The van der Waals surface area contributed by atoms with E-state index in [-0.39, 0.29) is 24.4 Å². The van der Waals surface area contributed by atoms with Gasteiger partial charge in [-0.05, 0) is 51.4 Å². The zero-order valence-corrected chi connectivity index (χ0v) is 19.1. The Kier molecular flexibility index (Phi) is 5.15. The van der Waals surface area contributed by atoms with Gasteiger partial charge in [-0.15, -0.1) is 0 Å². The normalized spacial score (nSPS) is 14.3. The molecule has 0 spiro atoms. The first-order valence-electron chi connectivity index (χ1n) is 9.14. The number of imide groups is 1. The second-order valence-electron chi connectivity index (χ2n) is 8.65. The summed E-state index contributed by atoms with van der Waals surface area (Å²) >= 11 is 0. The van der Waals surface area contributed by atoms with Gasteiger partial charge in [0.25, 0.3) is 11.8 Å². The predicted molar refractivity (Wildman–Crippen MR) is 111 cm³/mol. The predicted octanol–water partition coefficient (Wildman–Crippen LogP) is 3.70. The molecule has 1 aliphatic heterocycles. The van der Waals surface area contributed by atoms with Crippen LogP contribution >= 0.6 is 0 Å². The number of hydrogen-bond donors (Lipinski definition) is 0. The van der Waals surface area contributed by atoms with Gasteiger partial charge in [-0.2, -0.15) is 4.98 Å². The van der Waals surface area contributed by atoms with Crippen molar-refractivity contribution < 1.29 is 18.4 Å². The van der Waals surface area contributed by atoms with Gasteiger partial charge in [-0.25, -0.2) is 4.98 Å². The Hall–Kier alpha value is -2.53. The number of hydrogen-bond acceptors (Lipinski definition) is 6. The molecular formula is C19H25N3O4Si2. The van der Waals surface area contributed by atoms with Gasteiger partial charge in [0.05, 0.1) is 23.2 Å². The summed E-state index contributed by atoms with van der Waals surface area (Å²) in [6.45, 7) is 12.3. The zero-order chi connectivity index (χ0) is 20.7. The van der Waals surface area contributed by atoms with Crippen LogP contribution in [0.4, 0.5) is 0 Å². The molecule has 0 fully saturated rings. The minimum Gasteiger partial charge on any atom is -0.531 e. The zero-order valence-electron chi connectivity index (χ0n) is 17.1. The monoisotopic (exact) mass is 415 g/mol. The van der Waals surface area contributed by atoms with E-state index in [4.69, 9.17) is 8.85 Å². The van der Waals surface area contributed by atoms with E-state index >= 15 is 0 Å². The van der Waals surface area contributed by atoms with Crippen molar-refractivity contribution in [2.24, 2.45) is 0 Å². The van der Waals surface area contributed by atoms with Crippen molar-refractivity contribution in [2.45, 2.75) is 45.8 Å². The highest BCUT2D eigenvalue weighted by atomic mass is 28.4. The van der Waals surface area contributed by atoms with Crippen LogP contribution in [-0.2, 0) is 6.54 Å². The average molecular weight is 416 g/mol. The van der Waals surface area contributed by atoms with E-state index in [2.05, 4.69) is 9.97 Å². The summed E-state index contributed by atoms with van der Waals surface area (Å²) in [6, 6.07) is 7.09. The van der Waals surface area contributed by atoms with Crippen LogP contribution in [0.15, 0.2) is 30.5 Å². The second kappa shape index (κ2) is 7.14. The molecule has 0 aliphatic carbocycles. The fourth-order valence-corrected chi connectivity index (χ4v) is 4.14. The highest BCUT2D eigenvalue weighted by Crippen LogP contribution is 2.28. The maximum absolute atomic E-state index is 12.7. The maximum atomic E-state index is 12.7. The van der Waals surface area contributed by atoms with Crippen LogP contribution in [0.5, 0.6) is 11.9 Å². The van der Waals surface area contributed by atoms with Crippen LogP contribution in [0.1, 0.15) is 26.3 Å². The molecule has 0 unspecified atom stereocenters. The number of carbonyl (C=O) groups is 2.